The van der Waals surface area contributed by atoms with Crippen LogP contribution in [0.1, 0.15) is 12.0 Å². The van der Waals surface area contributed by atoms with E-state index in [0.29, 0.717) is 24.4 Å². The minimum Gasteiger partial charge on any atom is -0.380 e. The Hall–Kier alpha value is -2.64. The molecule has 0 saturated heterocycles. The zero-order valence-electron chi connectivity index (χ0n) is 8.92. The number of hydrogen-bond acceptors (Lipinski definition) is 4. The molecule has 0 saturated carbocycles. The van der Waals surface area contributed by atoms with Gasteiger partial charge in [0, 0.05) is 23.4 Å². The highest BCUT2D eigenvalue weighted by Gasteiger charge is 2.03. The molecule has 0 unspecified atom stereocenters. The second-order valence-electron chi connectivity index (χ2n) is 3.29. The van der Waals surface area contributed by atoms with Crippen LogP contribution in [0.4, 0.5) is 5.82 Å². The van der Waals surface area contributed by atoms with Crippen LogP contribution in [0.15, 0.2) is 27.8 Å². The maximum Gasteiger partial charge on any atom is 0.174 e. The zero-order chi connectivity index (χ0) is 12.1. The van der Waals surface area contributed by atoms with Crippen molar-refractivity contribution in [1.82, 2.24) is 5.16 Å². The molecule has 0 bridgehead atoms. The molecule has 0 atom stereocenters. The van der Waals surface area contributed by atoms with Crippen molar-refractivity contribution in [3.05, 3.63) is 34.2 Å². The quantitative estimate of drug-likeness (QED) is 0.280. The standard InChI is InChI=1S/C11H9N5O/c12-11-9-7-8(3-1-2-6-14-16-13)4-5-10(9)17-15-11/h4-5,7H,2,6H2,(H2,12,15). The number of azide groups is 1. The predicted molar refractivity (Wildman–Crippen MR) is 63.9 cm³/mol. The lowest BCUT2D eigenvalue weighted by Gasteiger charge is -1.90. The van der Waals surface area contributed by atoms with Gasteiger partial charge in [-0.1, -0.05) is 22.1 Å². The third-order valence-electron chi connectivity index (χ3n) is 2.13. The number of nitrogen functional groups attached to an aromatic ring is 1. The summed E-state index contributed by atoms with van der Waals surface area (Å²) in [5, 5.41) is 7.81. The molecule has 2 N–H and O–H groups in total. The molecule has 17 heavy (non-hydrogen) atoms. The van der Waals surface area contributed by atoms with E-state index in [1.54, 1.807) is 6.07 Å². The molecule has 6 nitrogen and oxygen atoms in total. The highest BCUT2D eigenvalue weighted by Crippen LogP contribution is 2.20. The van der Waals surface area contributed by atoms with Gasteiger partial charge in [0.25, 0.3) is 0 Å². The Bertz CT molecular complexity index is 643. The number of rotatable bonds is 2. The van der Waals surface area contributed by atoms with Crippen molar-refractivity contribution in [3.63, 3.8) is 0 Å². The molecule has 0 radical (unpaired) electrons. The number of fused-ring (bicyclic) bond motifs is 1. The number of aromatic nitrogens is 1. The van der Waals surface area contributed by atoms with Crippen LogP contribution in [-0.4, -0.2) is 11.7 Å². The summed E-state index contributed by atoms with van der Waals surface area (Å²) in [7, 11) is 0. The van der Waals surface area contributed by atoms with Gasteiger partial charge in [0.15, 0.2) is 11.4 Å². The molecule has 0 aliphatic carbocycles. The van der Waals surface area contributed by atoms with Crippen molar-refractivity contribution >= 4 is 16.8 Å². The molecule has 0 aliphatic heterocycles. The minimum absolute atomic E-state index is 0.359. The lowest BCUT2D eigenvalue weighted by atomic mass is 10.1. The maximum absolute atomic E-state index is 8.09. The molecule has 0 fully saturated rings. The Morgan fingerprint density at radius 2 is 2.41 bits per heavy atom. The van der Waals surface area contributed by atoms with E-state index in [-0.39, 0.29) is 0 Å². The van der Waals surface area contributed by atoms with Crippen molar-refractivity contribution in [3.8, 4) is 11.8 Å². The van der Waals surface area contributed by atoms with E-state index in [9.17, 15) is 0 Å². The fourth-order valence-electron chi connectivity index (χ4n) is 1.35. The van der Waals surface area contributed by atoms with E-state index in [0.717, 1.165) is 10.9 Å². The number of nitrogens with zero attached hydrogens (tertiary/aromatic N) is 4. The molecule has 84 valence electrons. The third kappa shape index (κ3) is 2.48. The summed E-state index contributed by atoms with van der Waals surface area (Å²) in [6, 6.07) is 5.42. The fourth-order valence-corrected chi connectivity index (χ4v) is 1.35. The van der Waals surface area contributed by atoms with Crippen LogP contribution in [0.5, 0.6) is 0 Å². The summed E-state index contributed by atoms with van der Waals surface area (Å²) in [5.74, 6) is 6.22. The van der Waals surface area contributed by atoms with Gasteiger partial charge in [-0.05, 0) is 23.7 Å². The number of benzene rings is 1. The van der Waals surface area contributed by atoms with Gasteiger partial charge >= 0.3 is 0 Å². The molecular formula is C11H9N5O. The van der Waals surface area contributed by atoms with E-state index in [1.165, 1.54) is 0 Å². The fraction of sp³-hybridized carbons (Fsp3) is 0.182. The van der Waals surface area contributed by atoms with Gasteiger partial charge in [0.05, 0.1) is 5.39 Å². The Kier molecular flexibility index (Phi) is 3.15. The van der Waals surface area contributed by atoms with Crippen LogP contribution in [0, 0.1) is 11.8 Å². The second-order valence-corrected chi connectivity index (χ2v) is 3.29. The van der Waals surface area contributed by atoms with E-state index in [1.807, 2.05) is 12.1 Å². The lowest BCUT2D eigenvalue weighted by molar-refractivity contribution is 0.460. The van der Waals surface area contributed by atoms with Crippen LogP contribution >= 0.6 is 0 Å². The first-order chi connectivity index (χ1) is 8.31. The number of nitrogens with two attached hydrogens (primary N) is 1. The first kappa shape index (κ1) is 10.9. The van der Waals surface area contributed by atoms with E-state index < -0.39 is 0 Å². The van der Waals surface area contributed by atoms with Gasteiger partial charge in [0.2, 0.25) is 0 Å². The Balaban J connectivity index is 2.18. The zero-order valence-corrected chi connectivity index (χ0v) is 8.92. The summed E-state index contributed by atoms with van der Waals surface area (Å²) in [5.41, 5.74) is 15.2. The molecule has 2 rings (SSSR count). The highest BCUT2D eigenvalue weighted by molar-refractivity contribution is 5.87. The predicted octanol–water partition coefficient (Wildman–Crippen LogP) is 2.46. The normalized spacial score (nSPS) is 9.41. The first-order valence-corrected chi connectivity index (χ1v) is 4.96. The summed E-state index contributed by atoms with van der Waals surface area (Å²) in [6.07, 6.45) is 0.529. The Morgan fingerprint density at radius 3 is 3.24 bits per heavy atom. The molecule has 2 aromatic rings. The van der Waals surface area contributed by atoms with E-state index in [2.05, 4.69) is 27.0 Å². The Morgan fingerprint density at radius 1 is 1.53 bits per heavy atom. The average molecular weight is 227 g/mol. The van der Waals surface area contributed by atoms with Crippen molar-refractivity contribution in [2.45, 2.75) is 6.42 Å². The molecule has 0 spiro atoms. The summed E-state index contributed by atoms with van der Waals surface area (Å²) < 4.78 is 4.98. The van der Waals surface area contributed by atoms with Crippen LogP contribution < -0.4 is 5.73 Å². The molecule has 0 amide bonds. The molecule has 1 heterocycles. The van der Waals surface area contributed by atoms with Crippen molar-refractivity contribution < 1.29 is 4.52 Å². The van der Waals surface area contributed by atoms with Gasteiger partial charge in [-0.3, -0.25) is 0 Å². The minimum atomic E-state index is 0.359. The van der Waals surface area contributed by atoms with Crippen molar-refractivity contribution in [2.75, 3.05) is 12.3 Å². The molecule has 1 aromatic heterocycles. The van der Waals surface area contributed by atoms with Gasteiger partial charge in [-0.15, -0.1) is 0 Å². The monoisotopic (exact) mass is 227 g/mol. The smallest absolute Gasteiger partial charge is 0.174 e. The van der Waals surface area contributed by atoms with Crippen LogP contribution in [0.3, 0.4) is 0 Å². The first-order valence-electron chi connectivity index (χ1n) is 4.96. The summed E-state index contributed by atoms with van der Waals surface area (Å²) in [4.78, 5) is 2.65. The van der Waals surface area contributed by atoms with Crippen LogP contribution in [0.2, 0.25) is 0 Å². The number of hydrogen-bond donors (Lipinski definition) is 1. The average Bonchev–Trinajstić information content (AvgIpc) is 2.71. The van der Waals surface area contributed by atoms with Gasteiger partial charge < -0.3 is 10.3 Å². The number of anilines is 1. The lowest BCUT2D eigenvalue weighted by Crippen LogP contribution is -1.84. The van der Waals surface area contributed by atoms with E-state index in [4.69, 9.17) is 15.8 Å². The maximum atomic E-state index is 8.09. The van der Waals surface area contributed by atoms with Gasteiger partial charge in [-0.2, -0.15) is 0 Å². The van der Waals surface area contributed by atoms with Gasteiger partial charge in [-0.25, -0.2) is 0 Å². The van der Waals surface area contributed by atoms with Crippen LogP contribution in [-0.2, 0) is 0 Å². The van der Waals surface area contributed by atoms with Crippen LogP contribution in [0.25, 0.3) is 21.4 Å². The van der Waals surface area contributed by atoms with Crippen molar-refractivity contribution in [1.29, 1.82) is 0 Å². The van der Waals surface area contributed by atoms with Crippen molar-refractivity contribution in [2.24, 2.45) is 5.11 Å². The summed E-state index contributed by atoms with van der Waals surface area (Å²) in [6.45, 7) is 0.376. The SMILES string of the molecule is [N-]=[N+]=NCCC#Cc1ccc2onc(N)c2c1. The molecular weight excluding hydrogens is 218 g/mol. The van der Waals surface area contributed by atoms with E-state index >= 15 is 0 Å². The summed E-state index contributed by atoms with van der Waals surface area (Å²) >= 11 is 0. The molecule has 6 heteroatoms. The third-order valence-corrected chi connectivity index (χ3v) is 2.13. The Labute approximate surface area is 97.0 Å². The highest BCUT2D eigenvalue weighted by atomic mass is 16.5. The molecule has 1 aromatic carbocycles. The topological polar surface area (TPSA) is 101 Å². The molecule has 0 aliphatic rings. The van der Waals surface area contributed by atoms with Gasteiger partial charge in [0.1, 0.15) is 0 Å². The largest absolute Gasteiger partial charge is 0.380 e. The second kappa shape index (κ2) is 4.92.